The molecule has 0 radical (unpaired) electrons. The highest BCUT2D eigenvalue weighted by Crippen LogP contribution is 2.17. The van der Waals surface area contributed by atoms with Crippen LogP contribution in [0.4, 0.5) is 5.82 Å². The Morgan fingerprint density at radius 1 is 1.00 bits per heavy atom. The van der Waals surface area contributed by atoms with E-state index in [-0.39, 0.29) is 0 Å². The highest BCUT2D eigenvalue weighted by atomic mass is 32.1. The zero-order valence-electron chi connectivity index (χ0n) is 15.5. The number of rotatable bonds is 2. The first-order chi connectivity index (χ1) is 13.3. The number of piperazine rings is 1. The first-order valence-corrected chi connectivity index (χ1v) is 9.78. The Morgan fingerprint density at radius 2 is 1.78 bits per heavy atom. The molecule has 27 heavy (non-hydrogen) atoms. The van der Waals surface area contributed by atoms with Gasteiger partial charge in [0.05, 0.1) is 0 Å². The average molecular weight is 383 g/mol. The van der Waals surface area contributed by atoms with Crippen LogP contribution in [0.2, 0.25) is 0 Å². The summed E-state index contributed by atoms with van der Waals surface area (Å²) in [5.41, 5.74) is 5.50. The molecule has 0 amide bonds. The average Bonchev–Trinajstić information content (AvgIpc) is 2.75. The maximum atomic E-state index is 5.18. The smallest absolute Gasteiger partial charge is 0.189 e. The first-order valence-electron chi connectivity index (χ1n) is 9.37. The van der Waals surface area contributed by atoms with E-state index in [2.05, 4.69) is 43.1 Å². The number of aryl methyl sites for hydroxylation is 2. The molecule has 1 fully saturated rings. The summed E-state index contributed by atoms with van der Waals surface area (Å²) in [6.45, 7) is 6.93. The second-order valence-electron chi connectivity index (χ2n) is 6.55. The summed E-state index contributed by atoms with van der Waals surface area (Å²) < 4.78 is 0. The number of thiocarbonyl (C=S) groups is 1. The van der Waals surface area contributed by atoms with Gasteiger partial charge >= 0.3 is 0 Å². The molecular formula is C20H26N6S. The van der Waals surface area contributed by atoms with Crippen molar-refractivity contribution in [3.05, 3.63) is 54.0 Å². The van der Waals surface area contributed by atoms with Gasteiger partial charge in [-0.15, -0.1) is 0 Å². The lowest BCUT2D eigenvalue weighted by molar-refractivity contribution is 0.380. The zero-order valence-corrected chi connectivity index (χ0v) is 16.4. The number of aromatic nitrogens is 2. The molecule has 0 bridgehead atoms. The van der Waals surface area contributed by atoms with Crippen molar-refractivity contribution in [2.75, 3.05) is 31.1 Å². The Bertz CT molecular complexity index is 718. The van der Waals surface area contributed by atoms with Crippen LogP contribution in [-0.4, -0.2) is 52.9 Å². The second kappa shape index (κ2) is 9.97. The van der Waals surface area contributed by atoms with E-state index in [0.717, 1.165) is 32.0 Å². The van der Waals surface area contributed by atoms with Crippen LogP contribution >= 0.6 is 12.2 Å². The lowest BCUT2D eigenvalue weighted by atomic mass is 9.96. The normalized spacial score (nSPS) is 15.9. The topological polar surface area (TPSA) is 56.7 Å². The number of hydrazone groups is 1. The van der Waals surface area contributed by atoms with Gasteiger partial charge < -0.3 is 9.80 Å². The van der Waals surface area contributed by atoms with Crippen LogP contribution in [0.15, 0.2) is 47.8 Å². The molecule has 2 aliphatic rings. The van der Waals surface area contributed by atoms with Crippen molar-refractivity contribution in [2.24, 2.45) is 5.10 Å². The van der Waals surface area contributed by atoms with Gasteiger partial charge in [0, 0.05) is 51.0 Å². The monoisotopic (exact) mass is 382 g/mol. The molecule has 0 aromatic carbocycles. The van der Waals surface area contributed by atoms with Crippen LogP contribution in [0.1, 0.15) is 24.1 Å². The first kappa shape index (κ1) is 19.2. The molecule has 4 rings (SSSR count). The Labute approximate surface area is 166 Å². The van der Waals surface area contributed by atoms with Crippen LogP contribution in [0, 0.1) is 0 Å². The number of hydrogen-bond donors (Lipinski definition) is 1. The second-order valence-corrected chi connectivity index (χ2v) is 6.94. The Morgan fingerprint density at radius 3 is 2.48 bits per heavy atom. The van der Waals surface area contributed by atoms with Crippen LogP contribution < -0.4 is 10.3 Å². The Kier molecular flexibility index (Phi) is 7.10. The fraction of sp³-hybridized carbons (Fsp3) is 0.400. The summed E-state index contributed by atoms with van der Waals surface area (Å²) >= 11 is 5.18. The molecule has 7 heteroatoms. The van der Waals surface area contributed by atoms with Crippen LogP contribution in [0.25, 0.3) is 0 Å². The summed E-state index contributed by atoms with van der Waals surface area (Å²) in [5.74, 6) is 1.02. The predicted molar refractivity (Wildman–Crippen MR) is 114 cm³/mol. The molecule has 3 heterocycles. The van der Waals surface area contributed by atoms with Crippen molar-refractivity contribution in [1.29, 1.82) is 0 Å². The van der Waals surface area contributed by atoms with Crippen molar-refractivity contribution in [1.82, 2.24) is 20.3 Å². The molecule has 0 saturated carbocycles. The minimum Gasteiger partial charge on any atom is -0.353 e. The fourth-order valence-electron chi connectivity index (χ4n) is 3.35. The van der Waals surface area contributed by atoms with Gasteiger partial charge in [-0.1, -0.05) is 12.1 Å². The van der Waals surface area contributed by atoms with E-state index in [1.165, 1.54) is 36.9 Å². The number of nitrogens with zero attached hydrogens (tertiary/aromatic N) is 5. The van der Waals surface area contributed by atoms with E-state index in [9.17, 15) is 0 Å². The lowest BCUT2D eigenvalue weighted by Crippen LogP contribution is -2.51. The van der Waals surface area contributed by atoms with Gasteiger partial charge in [-0.2, -0.15) is 5.10 Å². The number of anilines is 1. The maximum Gasteiger partial charge on any atom is 0.189 e. The van der Waals surface area contributed by atoms with Crippen LogP contribution in [-0.2, 0) is 12.8 Å². The third-order valence-electron chi connectivity index (χ3n) is 4.81. The molecule has 1 saturated heterocycles. The Balaban J connectivity index is 0.000000177. The number of nitrogens with one attached hydrogen (secondary N) is 1. The van der Waals surface area contributed by atoms with Gasteiger partial charge in [0.15, 0.2) is 5.11 Å². The lowest BCUT2D eigenvalue weighted by Gasteiger charge is -2.36. The summed E-state index contributed by atoms with van der Waals surface area (Å²) in [6.07, 6.45) is 8.81. The summed E-state index contributed by atoms with van der Waals surface area (Å²) in [6, 6.07) is 10.2. The van der Waals surface area contributed by atoms with Gasteiger partial charge in [0.1, 0.15) is 5.82 Å². The maximum absolute atomic E-state index is 5.18. The third kappa shape index (κ3) is 5.47. The van der Waals surface area contributed by atoms with Crippen molar-refractivity contribution in [3.8, 4) is 0 Å². The largest absolute Gasteiger partial charge is 0.353 e. The highest BCUT2D eigenvalue weighted by molar-refractivity contribution is 7.80. The van der Waals surface area contributed by atoms with E-state index in [1.807, 2.05) is 36.7 Å². The van der Waals surface area contributed by atoms with Crippen molar-refractivity contribution in [3.63, 3.8) is 0 Å². The van der Waals surface area contributed by atoms with E-state index in [0.29, 0.717) is 5.11 Å². The molecule has 142 valence electrons. The highest BCUT2D eigenvalue weighted by Gasteiger charge is 2.19. The molecule has 0 atom stereocenters. The van der Waals surface area contributed by atoms with Gasteiger partial charge in [0.2, 0.25) is 0 Å². The van der Waals surface area contributed by atoms with Crippen molar-refractivity contribution < 1.29 is 0 Å². The summed E-state index contributed by atoms with van der Waals surface area (Å²) in [7, 11) is 0. The molecular weight excluding hydrogens is 356 g/mol. The van der Waals surface area contributed by atoms with Gasteiger partial charge in [-0.05, 0) is 61.7 Å². The molecule has 1 N–H and O–H groups in total. The molecule has 1 aliphatic heterocycles. The van der Waals surface area contributed by atoms with Crippen molar-refractivity contribution in [2.45, 2.75) is 25.7 Å². The van der Waals surface area contributed by atoms with Gasteiger partial charge in [-0.25, -0.2) is 4.98 Å². The molecule has 1 aliphatic carbocycles. The molecule has 6 nitrogen and oxygen atoms in total. The SMILES string of the molecule is C=NNC(=S)N1CCN(c2ccccn2)CC1.c1cnc2c(c1)CCCC2. The van der Waals surface area contributed by atoms with Crippen LogP contribution in [0.3, 0.4) is 0 Å². The molecule has 0 spiro atoms. The molecule has 2 aromatic heterocycles. The third-order valence-corrected chi connectivity index (χ3v) is 5.16. The zero-order chi connectivity index (χ0) is 18.9. The minimum atomic E-state index is 0.640. The Hall–Kier alpha value is -2.54. The van der Waals surface area contributed by atoms with E-state index >= 15 is 0 Å². The van der Waals surface area contributed by atoms with E-state index < -0.39 is 0 Å². The molecule has 2 aromatic rings. The molecule has 0 unspecified atom stereocenters. The minimum absolute atomic E-state index is 0.640. The van der Waals surface area contributed by atoms with E-state index in [1.54, 1.807) is 0 Å². The van der Waals surface area contributed by atoms with Crippen molar-refractivity contribution >= 4 is 29.9 Å². The van der Waals surface area contributed by atoms with Gasteiger partial charge in [0.25, 0.3) is 0 Å². The van der Waals surface area contributed by atoms with Crippen LogP contribution in [0.5, 0.6) is 0 Å². The number of pyridine rings is 2. The standard InChI is InChI=1S/C11H15N5S.C9H11N/c1-12-14-11(17)16-8-6-15(7-9-16)10-4-2-3-5-13-10;1-2-6-9-8(4-1)5-3-7-10-9/h2-5H,1,6-9H2,(H,14,17);3,5,7H,1-2,4,6H2. The number of fused-ring (bicyclic) bond motifs is 1. The predicted octanol–water partition coefficient (Wildman–Crippen LogP) is 2.65. The van der Waals surface area contributed by atoms with E-state index in [4.69, 9.17) is 12.2 Å². The fourth-order valence-corrected chi connectivity index (χ4v) is 3.60. The summed E-state index contributed by atoms with van der Waals surface area (Å²) in [5, 5.41) is 4.22. The summed E-state index contributed by atoms with van der Waals surface area (Å²) in [4.78, 5) is 13.0. The quantitative estimate of drug-likeness (QED) is 0.490. The van der Waals surface area contributed by atoms with Gasteiger partial charge in [-0.3, -0.25) is 10.4 Å². The number of hydrogen-bond acceptors (Lipinski definition) is 5.